The zero-order valence-electron chi connectivity index (χ0n) is 16.7. The van der Waals surface area contributed by atoms with Crippen molar-refractivity contribution in [2.75, 3.05) is 5.32 Å². The SMILES string of the molecule is CCc1ccc2nc(NC(=O)/C=C/c3ccc(OCc4ccccc4)cc3)sc2c1. The molecule has 1 amide bonds. The highest BCUT2D eigenvalue weighted by Crippen LogP contribution is 2.27. The van der Waals surface area contributed by atoms with Crippen molar-refractivity contribution >= 4 is 38.7 Å². The van der Waals surface area contributed by atoms with Crippen LogP contribution in [0.2, 0.25) is 0 Å². The average molecular weight is 415 g/mol. The van der Waals surface area contributed by atoms with Crippen LogP contribution in [0.4, 0.5) is 5.13 Å². The van der Waals surface area contributed by atoms with Gasteiger partial charge >= 0.3 is 0 Å². The molecule has 1 N–H and O–H groups in total. The number of benzene rings is 3. The zero-order valence-corrected chi connectivity index (χ0v) is 17.5. The molecule has 0 aliphatic rings. The number of thiazole rings is 1. The standard InChI is InChI=1S/C25H22N2O2S/c1-2-18-10-14-22-23(16-18)30-25(26-22)27-24(28)15-11-19-8-12-21(13-9-19)29-17-20-6-4-3-5-7-20/h3-16H,2,17H2,1H3,(H,26,27,28)/b15-11+. The molecule has 4 nitrogen and oxygen atoms in total. The molecule has 4 aromatic rings. The predicted molar refractivity (Wildman–Crippen MR) is 124 cm³/mol. The van der Waals surface area contributed by atoms with E-state index in [1.807, 2.05) is 60.7 Å². The van der Waals surface area contributed by atoms with Gasteiger partial charge in [0.05, 0.1) is 10.2 Å². The van der Waals surface area contributed by atoms with Crippen molar-refractivity contribution in [3.63, 3.8) is 0 Å². The maximum Gasteiger partial charge on any atom is 0.250 e. The van der Waals surface area contributed by atoms with Crippen molar-refractivity contribution in [3.8, 4) is 5.75 Å². The Balaban J connectivity index is 1.33. The number of carbonyl (C=O) groups is 1. The van der Waals surface area contributed by atoms with E-state index in [1.165, 1.54) is 23.0 Å². The van der Waals surface area contributed by atoms with Crippen LogP contribution >= 0.6 is 11.3 Å². The molecule has 0 fully saturated rings. The van der Waals surface area contributed by atoms with E-state index in [0.29, 0.717) is 11.7 Å². The van der Waals surface area contributed by atoms with E-state index in [9.17, 15) is 4.79 Å². The van der Waals surface area contributed by atoms with Gasteiger partial charge in [-0.15, -0.1) is 0 Å². The van der Waals surface area contributed by atoms with Crippen molar-refractivity contribution < 1.29 is 9.53 Å². The fourth-order valence-corrected chi connectivity index (χ4v) is 3.91. The summed E-state index contributed by atoms with van der Waals surface area (Å²) in [5, 5.41) is 3.45. The Kier molecular flexibility index (Phi) is 6.20. The van der Waals surface area contributed by atoms with E-state index in [1.54, 1.807) is 6.08 Å². The van der Waals surface area contributed by atoms with Gasteiger partial charge in [-0.3, -0.25) is 10.1 Å². The van der Waals surface area contributed by atoms with E-state index in [2.05, 4.69) is 29.4 Å². The molecule has 0 bridgehead atoms. The second-order valence-electron chi connectivity index (χ2n) is 6.84. The molecule has 30 heavy (non-hydrogen) atoms. The molecule has 0 saturated carbocycles. The number of aryl methyl sites for hydroxylation is 1. The zero-order chi connectivity index (χ0) is 20.8. The summed E-state index contributed by atoms with van der Waals surface area (Å²) in [5.41, 5.74) is 4.22. The summed E-state index contributed by atoms with van der Waals surface area (Å²) in [6.07, 6.45) is 4.27. The van der Waals surface area contributed by atoms with Gasteiger partial charge in [0.1, 0.15) is 12.4 Å². The Morgan fingerprint density at radius 1 is 1.03 bits per heavy atom. The van der Waals surface area contributed by atoms with Gasteiger partial charge in [-0.2, -0.15) is 0 Å². The lowest BCUT2D eigenvalue weighted by atomic mass is 10.2. The third-order valence-corrected chi connectivity index (χ3v) is 5.58. The van der Waals surface area contributed by atoms with Crippen molar-refractivity contribution in [3.05, 3.63) is 95.6 Å². The molecule has 150 valence electrons. The number of amides is 1. The molecule has 0 aliphatic carbocycles. The summed E-state index contributed by atoms with van der Waals surface area (Å²) in [6, 6.07) is 23.9. The topological polar surface area (TPSA) is 51.2 Å². The first-order valence-corrected chi connectivity index (χ1v) is 10.7. The first-order valence-electron chi connectivity index (χ1n) is 9.85. The Morgan fingerprint density at radius 3 is 2.60 bits per heavy atom. The van der Waals surface area contributed by atoms with Crippen LogP contribution in [0.3, 0.4) is 0 Å². The van der Waals surface area contributed by atoms with Crippen LogP contribution in [-0.4, -0.2) is 10.9 Å². The molecule has 0 spiro atoms. The highest BCUT2D eigenvalue weighted by atomic mass is 32.1. The molecule has 0 unspecified atom stereocenters. The summed E-state index contributed by atoms with van der Waals surface area (Å²) >= 11 is 1.49. The molecule has 4 rings (SSSR count). The van der Waals surface area contributed by atoms with Gasteiger partial charge in [0.15, 0.2) is 5.13 Å². The largest absolute Gasteiger partial charge is 0.489 e. The van der Waals surface area contributed by atoms with Gasteiger partial charge in [-0.1, -0.05) is 66.8 Å². The smallest absolute Gasteiger partial charge is 0.250 e. The van der Waals surface area contributed by atoms with Gasteiger partial charge in [-0.05, 0) is 53.5 Å². The highest BCUT2D eigenvalue weighted by Gasteiger charge is 2.06. The Bertz CT molecular complexity index is 1160. The molecule has 0 radical (unpaired) electrons. The Labute approximate surface area is 179 Å². The minimum atomic E-state index is -0.200. The lowest BCUT2D eigenvalue weighted by Crippen LogP contribution is -2.07. The van der Waals surface area contributed by atoms with Crippen LogP contribution in [0.5, 0.6) is 5.75 Å². The molecular weight excluding hydrogens is 392 g/mol. The number of nitrogens with one attached hydrogen (secondary N) is 1. The lowest BCUT2D eigenvalue weighted by Gasteiger charge is -2.06. The second-order valence-corrected chi connectivity index (χ2v) is 7.87. The number of nitrogens with zero attached hydrogens (tertiary/aromatic N) is 1. The Morgan fingerprint density at radius 2 is 1.83 bits per heavy atom. The van der Waals surface area contributed by atoms with Crippen LogP contribution in [0.25, 0.3) is 16.3 Å². The van der Waals surface area contributed by atoms with Crippen molar-refractivity contribution in [2.45, 2.75) is 20.0 Å². The van der Waals surface area contributed by atoms with E-state index in [0.717, 1.165) is 33.5 Å². The van der Waals surface area contributed by atoms with Gasteiger partial charge in [0.2, 0.25) is 5.91 Å². The monoisotopic (exact) mass is 414 g/mol. The third-order valence-electron chi connectivity index (χ3n) is 4.65. The number of rotatable bonds is 7. The van der Waals surface area contributed by atoms with Gasteiger partial charge < -0.3 is 4.74 Å². The van der Waals surface area contributed by atoms with E-state index < -0.39 is 0 Å². The van der Waals surface area contributed by atoms with E-state index >= 15 is 0 Å². The van der Waals surface area contributed by atoms with E-state index in [-0.39, 0.29) is 5.91 Å². The van der Waals surface area contributed by atoms with Crippen LogP contribution in [0.15, 0.2) is 78.9 Å². The van der Waals surface area contributed by atoms with Crippen LogP contribution in [-0.2, 0) is 17.8 Å². The van der Waals surface area contributed by atoms with Crippen molar-refractivity contribution in [2.24, 2.45) is 0 Å². The van der Waals surface area contributed by atoms with Crippen LogP contribution in [0.1, 0.15) is 23.6 Å². The van der Waals surface area contributed by atoms with E-state index in [4.69, 9.17) is 4.74 Å². The average Bonchev–Trinajstić information content (AvgIpc) is 3.19. The number of carbonyl (C=O) groups excluding carboxylic acids is 1. The first kappa shape index (κ1) is 19.9. The van der Waals surface area contributed by atoms with Gasteiger partial charge in [0, 0.05) is 6.08 Å². The molecule has 1 aromatic heterocycles. The highest BCUT2D eigenvalue weighted by molar-refractivity contribution is 7.22. The number of aromatic nitrogens is 1. The maximum absolute atomic E-state index is 12.3. The van der Waals surface area contributed by atoms with Gasteiger partial charge in [-0.25, -0.2) is 4.98 Å². The molecular formula is C25H22N2O2S. The number of fused-ring (bicyclic) bond motifs is 1. The molecule has 0 saturated heterocycles. The summed E-state index contributed by atoms with van der Waals surface area (Å²) < 4.78 is 6.87. The quantitative estimate of drug-likeness (QED) is 0.372. The number of anilines is 1. The molecule has 5 heteroatoms. The second kappa shape index (κ2) is 9.37. The fourth-order valence-electron chi connectivity index (χ4n) is 2.98. The number of ether oxygens (including phenoxy) is 1. The maximum atomic E-state index is 12.3. The Hall–Kier alpha value is -3.44. The molecule has 3 aromatic carbocycles. The van der Waals surface area contributed by atoms with Crippen LogP contribution in [0, 0.1) is 0 Å². The normalized spacial score (nSPS) is 11.1. The van der Waals surface area contributed by atoms with Crippen molar-refractivity contribution in [1.82, 2.24) is 4.98 Å². The summed E-state index contributed by atoms with van der Waals surface area (Å²) in [7, 11) is 0. The number of hydrogen-bond acceptors (Lipinski definition) is 4. The predicted octanol–water partition coefficient (Wildman–Crippen LogP) is 6.09. The lowest BCUT2D eigenvalue weighted by molar-refractivity contribution is -0.111. The minimum absolute atomic E-state index is 0.200. The molecule has 0 aliphatic heterocycles. The van der Waals surface area contributed by atoms with Crippen LogP contribution < -0.4 is 10.1 Å². The fraction of sp³-hybridized carbons (Fsp3) is 0.120. The van der Waals surface area contributed by atoms with Gasteiger partial charge in [0.25, 0.3) is 0 Å². The third kappa shape index (κ3) is 5.13. The summed E-state index contributed by atoms with van der Waals surface area (Å²) in [4.78, 5) is 16.7. The molecule has 0 atom stereocenters. The van der Waals surface area contributed by atoms with Crippen molar-refractivity contribution in [1.29, 1.82) is 0 Å². The number of hydrogen-bond donors (Lipinski definition) is 1. The minimum Gasteiger partial charge on any atom is -0.489 e. The molecule has 1 heterocycles. The summed E-state index contributed by atoms with van der Waals surface area (Å²) in [6.45, 7) is 2.65. The first-order chi connectivity index (χ1) is 14.7. The summed E-state index contributed by atoms with van der Waals surface area (Å²) in [5.74, 6) is 0.593.